The topological polar surface area (TPSA) is 66.9 Å². The molecule has 0 radical (unpaired) electrons. The number of aromatic nitrogens is 2. The molecule has 2 atom stereocenters. The van der Waals surface area contributed by atoms with Crippen LogP contribution in [0.1, 0.15) is 25.7 Å². The minimum atomic E-state index is -4.34. The maximum absolute atomic E-state index is 12.9. The quantitative estimate of drug-likeness (QED) is 0.837. The van der Waals surface area contributed by atoms with Crippen molar-refractivity contribution in [1.82, 2.24) is 15.4 Å². The molecule has 1 heterocycles. The molecule has 1 aliphatic rings. The zero-order valence-electron chi connectivity index (χ0n) is 10.7. The second kappa shape index (κ2) is 6.06. The van der Waals surface area contributed by atoms with Crippen molar-refractivity contribution in [2.45, 2.75) is 31.9 Å². The van der Waals surface area contributed by atoms with Gasteiger partial charge in [0, 0.05) is 12.4 Å². The highest BCUT2D eigenvalue weighted by molar-refractivity contribution is 5.80. The number of amides is 1. The van der Waals surface area contributed by atoms with Gasteiger partial charge in [-0.2, -0.15) is 13.2 Å². The summed E-state index contributed by atoms with van der Waals surface area (Å²) in [4.78, 5) is 19.5. The summed E-state index contributed by atoms with van der Waals surface area (Å²) in [5.41, 5.74) is 4.68. The smallest absolute Gasteiger partial charge is 0.273 e. The van der Waals surface area contributed by atoms with Crippen molar-refractivity contribution in [1.29, 1.82) is 0 Å². The van der Waals surface area contributed by atoms with Gasteiger partial charge in [-0.15, -0.1) is 0 Å². The van der Waals surface area contributed by atoms with E-state index in [0.717, 1.165) is 0 Å². The van der Waals surface area contributed by atoms with Gasteiger partial charge >= 0.3 is 6.18 Å². The highest BCUT2D eigenvalue weighted by Crippen LogP contribution is 2.41. The van der Waals surface area contributed by atoms with E-state index in [0.29, 0.717) is 12.8 Å². The number of hydrogen-bond donors (Lipinski definition) is 2. The van der Waals surface area contributed by atoms with E-state index >= 15 is 0 Å². The fourth-order valence-corrected chi connectivity index (χ4v) is 2.41. The van der Waals surface area contributed by atoms with E-state index in [4.69, 9.17) is 0 Å². The van der Waals surface area contributed by atoms with Crippen LogP contribution in [0.2, 0.25) is 0 Å². The Labute approximate surface area is 114 Å². The van der Waals surface area contributed by atoms with Crippen LogP contribution in [-0.4, -0.2) is 22.1 Å². The SMILES string of the molecule is O=C(NNc1ncccn1)C1CCCCC1C(F)(F)F. The van der Waals surface area contributed by atoms with Gasteiger partial charge in [-0.3, -0.25) is 15.6 Å². The molecule has 1 aromatic heterocycles. The second-order valence-corrected chi connectivity index (χ2v) is 4.73. The number of anilines is 1. The number of halogens is 3. The molecule has 0 aromatic carbocycles. The highest BCUT2D eigenvalue weighted by Gasteiger charge is 2.48. The summed E-state index contributed by atoms with van der Waals surface area (Å²) < 4.78 is 38.7. The molecular weight excluding hydrogens is 273 g/mol. The lowest BCUT2D eigenvalue weighted by Gasteiger charge is -2.31. The monoisotopic (exact) mass is 288 g/mol. The van der Waals surface area contributed by atoms with E-state index < -0.39 is 23.9 Å². The molecule has 0 spiro atoms. The van der Waals surface area contributed by atoms with Crippen molar-refractivity contribution >= 4 is 11.9 Å². The zero-order valence-corrected chi connectivity index (χ0v) is 10.7. The largest absolute Gasteiger partial charge is 0.392 e. The molecule has 2 unspecified atom stereocenters. The Hall–Kier alpha value is -1.86. The first-order chi connectivity index (χ1) is 9.48. The number of carbonyl (C=O) groups is 1. The minimum Gasteiger partial charge on any atom is -0.273 e. The van der Waals surface area contributed by atoms with Crippen LogP contribution in [0, 0.1) is 11.8 Å². The number of nitrogens with one attached hydrogen (secondary N) is 2. The van der Waals surface area contributed by atoms with Crippen molar-refractivity contribution in [3.63, 3.8) is 0 Å². The molecule has 2 N–H and O–H groups in total. The molecular formula is C12H15F3N4O. The third-order valence-corrected chi connectivity index (χ3v) is 3.39. The van der Waals surface area contributed by atoms with Gasteiger partial charge in [0.1, 0.15) is 0 Å². The highest BCUT2D eigenvalue weighted by atomic mass is 19.4. The summed E-state index contributed by atoms with van der Waals surface area (Å²) in [6.45, 7) is 0. The standard InChI is InChI=1S/C12H15F3N4O/c13-12(14,15)9-5-2-1-4-8(9)10(20)18-19-11-16-6-3-7-17-11/h3,6-9H,1-2,4-5H2,(H,18,20)(H,16,17,19). The third kappa shape index (κ3) is 3.58. The fraction of sp³-hybridized carbons (Fsp3) is 0.583. The molecule has 0 aliphatic heterocycles. The fourth-order valence-electron chi connectivity index (χ4n) is 2.41. The van der Waals surface area contributed by atoms with Crippen LogP contribution >= 0.6 is 0 Å². The summed E-state index contributed by atoms with van der Waals surface area (Å²) in [6.07, 6.45) is -0.0423. The molecule has 1 amide bonds. The third-order valence-electron chi connectivity index (χ3n) is 3.39. The van der Waals surface area contributed by atoms with Gasteiger partial charge in [0.2, 0.25) is 11.9 Å². The number of nitrogens with zero attached hydrogens (tertiary/aromatic N) is 2. The van der Waals surface area contributed by atoms with Crippen molar-refractivity contribution in [2.24, 2.45) is 11.8 Å². The molecule has 2 rings (SSSR count). The van der Waals surface area contributed by atoms with Crippen molar-refractivity contribution < 1.29 is 18.0 Å². The molecule has 1 aliphatic carbocycles. The van der Waals surface area contributed by atoms with Gasteiger partial charge in [0.25, 0.3) is 0 Å². The second-order valence-electron chi connectivity index (χ2n) is 4.73. The average molecular weight is 288 g/mol. The summed E-state index contributed by atoms with van der Waals surface area (Å²) in [6, 6.07) is 1.59. The Morgan fingerprint density at radius 1 is 1.20 bits per heavy atom. The molecule has 1 fully saturated rings. The van der Waals surface area contributed by atoms with E-state index in [1.165, 1.54) is 12.4 Å². The number of alkyl halides is 3. The summed E-state index contributed by atoms with van der Waals surface area (Å²) in [7, 11) is 0. The Kier molecular flexibility index (Phi) is 4.41. The van der Waals surface area contributed by atoms with Crippen LogP contribution < -0.4 is 10.9 Å². The predicted molar refractivity (Wildman–Crippen MR) is 65.3 cm³/mol. The first kappa shape index (κ1) is 14.5. The van der Waals surface area contributed by atoms with Crippen molar-refractivity contribution in [2.75, 3.05) is 5.43 Å². The van der Waals surface area contributed by atoms with E-state index in [-0.39, 0.29) is 18.8 Å². The maximum atomic E-state index is 12.9. The lowest BCUT2D eigenvalue weighted by atomic mass is 9.78. The van der Waals surface area contributed by atoms with Gasteiger partial charge in [-0.05, 0) is 18.9 Å². The molecule has 5 nitrogen and oxygen atoms in total. The van der Waals surface area contributed by atoms with Gasteiger partial charge in [-0.1, -0.05) is 12.8 Å². The van der Waals surface area contributed by atoms with E-state index in [1.807, 2.05) is 0 Å². The molecule has 1 saturated carbocycles. The van der Waals surface area contributed by atoms with Gasteiger partial charge in [0.15, 0.2) is 0 Å². The Morgan fingerprint density at radius 2 is 1.85 bits per heavy atom. The van der Waals surface area contributed by atoms with Crippen molar-refractivity contribution in [3.05, 3.63) is 18.5 Å². The van der Waals surface area contributed by atoms with Crippen LogP contribution in [-0.2, 0) is 4.79 Å². The number of carbonyl (C=O) groups excluding carboxylic acids is 1. The summed E-state index contributed by atoms with van der Waals surface area (Å²) in [5.74, 6) is -3.16. The number of hydrazine groups is 1. The summed E-state index contributed by atoms with van der Waals surface area (Å²) >= 11 is 0. The first-order valence-electron chi connectivity index (χ1n) is 6.38. The normalized spacial score (nSPS) is 23.1. The first-order valence-corrected chi connectivity index (χ1v) is 6.38. The van der Waals surface area contributed by atoms with Crippen LogP contribution in [0.25, 0.3) is 0 Å². The molecule has 1 aromatic rings. The van der Waals surface area contributed by atoms with Crippen LogP contribution in [0.4, 0.5) is 19.1 Å². The zero-order chi connectivity index (χ0) is 14.6. The van der Waals surface area contributed by atoms with Gasteiger partial charge in [0.05, 0.1) is 11.8 Å². The summed E-state index contributed by atoms with van der Waals surface area (Å²) in [5, 5.41) is 0. The van der Waals surface area contributed by atoms with E-state index in [9.17, 15) is 18.0 Å². The molecule has 110 valence electrons. The van der Waals surface area contributed by atoms with Crippen molar-refractivity contribution in [3.8, 4) is 0 Å². The maximum Gasteiger partial charge on any atom is 0.392 e. The van der Waals surface area contributed by atoms with E-state index in [1.54, 1.807) is 6.07 Å². The predicted octanol–water partition coefficient (Wildman–Crippen LogP) is 2.29. The molecule has 0 saturated heterocycles. The lowest BCUT2D eigenvalue weighted by Crippen LogP contribution is -2.44. The Bertz CT molecular complexity index is 452. The van der Waals surface area contributed by atoms with E-state index in [2.05, 4.69) is 20.8 Å². The average Bonchev–Trinajstić information content (AvgIpc) is 2.45. The van der Waals surface area contributed by atoms with Crippen LogP contribution in [0.15, 0.2) is 18.5 Å². The Balaban J connectivity index is 1.96. The number of hydrogen-bond acceptors (Lipinski definition) is 4. The Morgan fingerprint density at radius 3 is 2.50 bits per heavy atom. The molecule has 8 heteroatoms. The van der Waals surface area contributed by atoms with Gasteiger partial charge < -0.3 is 0 Å². The number of rotatable bonds is 3. The van der Waals surface area contributed by atoms with Crippen LogP contribution in [0.3, 0.4) is 0 Å². The van der Waals surface area contributed by atoms with Crippen LogP contribution in [0.5, 0.6) is 0 Å². The molecule has 0 bridgehead atoms. The minimum absolute atomic E-state index is 0.00340. The van der Waals surface area contributed by atoms with Gasteiger partial charge in [-0.25, -0.2) is 9.97 Å². The lowest BCUT2D eigenvalue weighted by molar-refractivity contribution is -0.198. The molecule has 20 heavy (non-hydrogen) atoms.